The van der Waals surface area contributed by atoms with Gasteiger partial charge >= 0.3 is 12.1 Å². The van der Waals surface area contributed by atoms with Gasteiger partial charge in [0.2, 0.25) is 0 Å². The van der Waals surface area contributed by atoms with Crippen molar-refractivity contribution in [2.24, 2.45) is 11.8 Å². The maximum Gasteiger partial charge on any atom is 0.416 e. The normalized spacial score (nSPS) is 15.2. The summed E-state index contributed by atoms with van der Waals surface area (Å²) in [7, 11) is 0. The van der Waals surface area contributed by atoms with Crippen LogP contribution in [0.5, 0.6) is 0 Å². The fraction of sp³-hybridized carbons (Fsp3) is 0.462. The first-order valence-electron chi connectivity index (χ1n) is 5.83. The number of aliphatic carboxylic acids is 1. The number of hydrogen-bond donors (Lipinski definition) is 2. The van der Waals surface area contributed by atoms with Gasteiger partial charge in [-0.05, 0) is 23.6 Å². The zero-order valence-electron chi connectivity index (χ0n) is 10.8. The van der Waals surface area contributed by atoms with Crippen LogP contribution in [-0.2, 0) is 11.0 Å². The molecule has 0 aliphatic heterocycles. The van der Waals surface area contributed by atoms with Crippen molar-refractivity contribution >= 4 is 5.97 Å². The third-order valence-electron chi connectivity index (χ3n) is 2.98. The van der Waals surface area contributed by atoms with Crippen LogP contribution < -0.4 is 0 Å². The molecule has 20 heavy (non-hydrogen) atoms. The van der Waals surface area contributed by atoms with Gasteiger partial charge in [0.25, 0.3) is 0 Å². The lowest BCUT2D eigenvalue weighted by Gasteiger charge is -2.25. The highest BCUT2D eigenvalue weighted by Crippen LogP contribution is 2.38. The van der Waals surface area contributed by atoms with Gasteiger partial charge < -0.3 is 10.2 Å². The first-order valence-corrected chi connectivity index (χ1v) is 5.83. The van der Waals surface area contributed by atoms with Crippen molar-refractivity contribution in [3.05, 3.63) is 35.1 Å². The van der Waals surface area contributed by atoms with Crippen LogP contribution in [0.25, 0.3) is 0 Å². The number of aliphatic hydroxyl groups is 1. The molecule has 0 aliphatic carbocycles. The van der Waals surface area contributed by atoms with E-state index in [1.165, 1.54) is 13.8 Å². The van der Waals surface area contributed by atoms with Gasteiger partial charge in [-0.3, -0.25) is 4.79 Å². The lowest BCUT2D eigenvalue weighted by atomic mass is 9.85. The van der Waals surface area contributed by atoms with E-state index in [2.05, 4.69) is 0 Å². The average molecular weight is 294 g/mol. The SMILES string of the molecule is CC(C)C(C(=O)O)C(O)c1ccc(F)cc1C(F)(F)F. The van der Waals surface area contributed by atoms with E-state index in [9.17, 15) is 27.5 Å². The molecule has 0 bridgehead atoms. The van der Waals surface area contributed by atoms with E-state index in [0.717, 1.165) is 12.1 Å². The second-order valence-corrected chi connectivity index (χ2v) is 4.78. The van der Waals surface area contributed by atoms with Crippen LogP contribution in [0.1, 0.15) is 31.1 Å². The summed E-state index contributed by atoms with van der Waals surface area (Å²) >= 11 is 0. The predicted octanol–water partition coefficient (Wildman–Crippen LogP) is 3.23. The van der Waals surface area contributed by atoms with Crippen LogP contribution in [0.3, 0.4) is 0 Å². The number of hydrogen-bond acceptors (Lipinski definition) is 2. The van der Waals surface area contributed by atoms with Crippen LogP contribution >= 0.6 is 0 Å². The third-order valence-corrected chi connectivity index (χ3v) is 2.98. The third kappa shape index (κ3) is 3.47. The number of alkyl halides is 3. The van der Waals surface area contributed by atoms with E-state index in [0.29, 0.717) is 0 Å². The topological polar surface area (TPSA) is 57.5 Å². The second kappa shape index (κ2) is 5.78. The number of rotatable bonds is 4. The number of halogens is 4. The molecule has 1 aromatic rings. The van der Waals surface area contributed by atoms with Gasteiger partial charge in [-0.15, -0.1) is 0 Å². The summed E-state index contributed by atoms with van der Waals surface area (Å²) in [5.41, 5.74) is -2.00. The lowest BCUT2D eigenvalue weighted by Crippen LogP contribution is -2.28. The van der Waals surface area contributed by atoms with Crippen LogP contribution in [0.15, 0.2) is 18.2 Å². The summed E-state index contributed by atoms with van der Waals surface area (Å²) in [4.78, 5) is 11.1. The summed E-state index contributed by atoms with van der Waals surface area (Å²) in [5.74, 6) is -4.52. The second-order valence-electron chi connectivity index (χ2n) is 4.78. The number of benzene rings is 1. The molecule has 0 amide bonds. The molecule has 2 atom stereocenters. The van der Waals surface area contributed by atoms with E-state index >= 15 is 0 Å². The number of carboxylic acid groups (broad SMARTS) is 1. The Morgan fingerprint density at radius 1 is 1.25 bits per heavy atom. The van der Waals surface area contributed by atoms with Gasteiger partial charge in [0, 0.05) is 0 Å². The van der Waals surface area contributed by atoms with E-state index in [-0.39, 0.29) is 6.07 Å². The molecule has 0 aromatic heterocycles. The largest absolute Gasteiger partial charge is 0.481 e. The van der Waals surface area contributed by atoms with E-state index in [1.807, 2.05) is 0 Å². The molecule has 0 spiro atoms. The van der Waals surface area contributed by atoms with Gasteiger partial charge in [0.15, 0.2) is 0 Å². The fourth-order valence-electron chi connectivity index (χ4n) is 2.01. The van der Waals surface area contributed by atoms with E-state index in [1.54, 1.807) is 0 Å². The Kier molecular flexibility index (Phi) is 4.75. The zero-order chi connectivity index (χ0) is 15.7. The molecule has 1 aromatic carbocycles. The molecule has 7 heteroatoms. The first kappa shape index (κ1) is 16.4. The predicted molar refractivity (Wildman–Crippen MR) is 62.3 cm³/mol. The minimum Gasteiger partial charge on any atom is -0.481 e. The Morgan fingerprint density at radius 3 is 2.20 bits per heavy atom. The molecular formula is C13H14F4O3. The van der Waals surface area contributed by atoms with Crippen LogP contribution in [0, 0.1) is 17.7 Å². The monoisotopic (exact) mass is 294 g/mol. The minimum absolute atomic E-state index is 0.248. The molecule has 0 saturated carbocycles. The summed E-state index contributed by atoms with van der Waals surface area (Å²) in [5, 5.41) is 19.0. The molecular weight excluding hydrogens is 280 g/mol. The summed E-state index contributed by atoms with van der Waals surface area (Å²) < 4.78 is 51.4. The molecule has 2 N–H and O–H groups in total. The van der Waals surface area contributed by atoms with Gasteiger partial charge in [-0.1, -0.05) is 19.9 Å². The van der Waals surface area contributed by atoms with E-state index < -0.39 is 47.0 Å². The maximum atomic E-state index is 13.0. The quantitative estimate of drug-likeness (QED) is 0.838. The number of carboxylic acids is 1. The molecule has 1 rings (SSSR count). The number of carbonyl (C=O) groups is 1. The summed E-state index contributed by atoms with van der Waals surface area (Å²) in [6.07, 6.45) is -6.75. The first-order chi connectivity index (χ1) is 9.05. The van der Waals surface area contributed by atoms with Crippen LogP contribution in [0.2, 0.25) is 0 Å². The van der Waals surface area contributed by atoms with Crippen molar-refractivity contribution in [1.29, 1.82) is 0 Å². The van der Waals surface area contributed by atoms with Gasteiger partial charge in [-0.25, -0.2) is 4.39 Å². The Labute approximate surface area is 112 Å². The van der Waals surface area contributed by atoms with Crippen LogP contribution in [0.4, 0.5) is 17.6 Å². The van der Waals surface area contributed by atoms with Crippen molar-refractivity contribution in [1.82, 2.24) is 0 Å². The molecule has 112 valence electrons. The van der Waals surface area contributed by atoms with Gasteiger partial charge in [-0.2, -0.15) is 13.2 Å². The average Bonchev–Trinajstić information content (AvgIpc) is 2.26. The molecule has 0 radical (unpaired) electrons. The molecule has 0 fully saturated rings. The van der Waals surface area contributed by atoms with Crippen molar-refractivity contribution < 1.29 is 32.6 Å². The van der Waals surface area contributed by atoms with Crippen molar-refractivity contribution in [3.8, 4) is 0 Å². The fourth-order valence-corrected chi connectivity index (χ4v) is 2.01. The maximum absolute atomic E-state index is 13.0. The molecule has 2 unspecified atom stereocenters. The zero-order valence-corrected chi connectivity index (χ0v) is 10.8. The molecule has 3 nitrogen and oxygen atoms in total. The van der Waals surface area contributed by atoms with Crippen molar-refractivity contribution in [2.75, 3.05) is 0 Å². The summed E-state index contributed by atoms with van der Waals surface area (Å²) in [6.45, 7) is 2.94. The van der Waals surface area contributed by atoms with Gasteiger partial charge in [0.05, 0.1) is 17.6 Å². The number of aliphatic hydroxyl groups excluding tert-OH is 1. The minimum atomic E-state index is -4.88. The Hall–Kier alpha value is -1.63. The van der Waals surface area contributed by atoms with Crippen molar-refractivity contribution in [2.45, 2.75) is 26.1 Å². The highest BCUT2D eigenvalue weighted by Gasteiger charge is 2.39. The summed E-state index contributed by atoms with van der Waals surface area (Å²) in [6, 6.07) is 1.77. The lowest BCUT2D eigenvalue weighted by molar-refractivity contribution is -0.150. The highest BCUT2D eigenvalue weighted by molar-refractivity contribution is 5.71. The van der Waals surface area contributed by atoms with Crippen molar-refractivity contribution in [3.63, 3.8) is 0 Å². The van der Waals surface area contributed by atoms with Gasteiger partial charge in [0.1, 0.15) is 5.82 Å². The molecule has 0 saturated heterocycles. The Balaban J connectivity index is 3.35. The van der Waals surface area contributed by atoms with E-state index in [4.69, 9.17) is 5.11 Å². The smallest absolute Gasteiger partial charge is 0.416 e. The Bertz CT molecular complexity index is 497. The molecule has 0 aliphatic rings. The Morgan fingerprint density at radius 2 is 1.80 bits per heavy atom. The molecule has 0 heterocycles. The standard InChI is InChI=1S/C13H14F4O3/c1-6(2)10(12(19)20)11(18)8-4-3-7(14)5-9(8)13(15,16)17/h3-6,10-11,18H,1-2H3,(H,19,20). The van der Waals surface area contributed by atoms with Crippen LogP contribution in [-0.4, -0.2) is 16.2 Å². The highest BCUT2D eigenvalue weighted by atomic mass is 19.4.